The number of aryl methyl sites for hydroxylation is 1. The standard InChI is InChI=1S/C22H20N2O5S/c1-16-5-11-20(12-6-16)30(25,26)24(18-7-9-19(27-2)10-8-18)15-17-14-22(29-23-17)21-4-3-13-28-21/h3-14H,15H2,1-2H3. The molecule has 0 saturated carbocycles. The maximum Gasteiger partial charge on any atom is 0.264 e. The average Bonchev–Trinajstić information content (AvgIpc) is 3.44. The number of hydrogen-bond donors (Lipinski definition) is 0. The van der Waals surface area contributed by atoms with Gasteiger partial charge in [0.05, 0.1) is 30.5 Å². The predicted molar refractivity (Wildman–Crippen MR) is 112 cm³/mol. The zero-order chi connectivity index (χ0) is 21.1. The number of benzene rings is 2. The lowest BCUT2D eigenvalue weighted by atomic mass is 10.2. The normalized spacial score (nSPS) is 11.4. The Bertz CT molecular complexity index is 1210. The minimum absolute atomic E-state index is 0.00720. The first kappa shape index (κ1) is 19.8. The molecule has 2 aromatic carbocycles. The van der Waals surface area contributed by atoms with E-state index in [0.717, 1.165) is 5.56 Å². The Balaban J connectivity index is 1.72. The van der Waals surface area contributed by atoms with Crippen molar-refractivity contribution in [2.45, 2.75) is 18.4 Å². The van der Waals surface area contributed by atoms with Gasteiger partial charge in [0.1, 0.15) is 11.4 Å². The van der Waals surface area contributed by atoms with E-state index in [2.05, 4.69) is 5.16 Å². The number of furan rings is 1. The Morgan fingerprint density at radius 3 is 2.37 bits per heavy atom. The lowest BCUT2D eigenvalue weighted by Crippen LogP contribution is -2.30. The van der Waals surface area contributed by atoms with Gasteiger partial charge in [-0.05, 0) is 55.5 Å². The summed E-state index contributed by atoms with van der Waals surface area (Å²) in [5.41, 5.74) is 1.91. The Morgan fingerprint density at radius 2 is 1.73 bits per heavy atom. The fraction of sp³-hybridized carbons (Fsp3) is 0.136. The summed E-state index contributed by atoms with van der Waals surface area (Å²) in [6, 6.07) is 18.7. The second kappa shape index (κ2) is 8.08. The molecule has 30 heavy (non-hydrogen) atoms. The van der Waals surface area contributed by atoms with Crippen LogP contribution in [0.5, 0.6) is 5.75 Å². The van der Waals surface area contributed by atoms with E-state index in [4.69, 9.17) is 13.7 Å². The molecule has 0 fully saturated rings. The third-order valence-corrected chi connectivity index (χ3v) is 6.39. The Morgan fingerprint density at radius 1 is 1.00 bits per heavy atom. The van der Waals surface area contributed by atoms with Gasteiger partial charge < -0.3 is 13.7 Å². The van der Waals surface area contributed by atoms with Gasteiger partial charge in [0, 0.05) is 6.07 Å². The molecule has 0 spiro atoms. The molecule has 0 radical (unpaired) electrons. The van der Waals surface area contributed by atoms with E-state index in [1.165, 1.54) is 10.6 Å². The van der Waals surface area contributed by atoms with Crippen molar-refractivity contribution in [3.63, 3.8) is 0 Å². The van der Waals surface area contributed by atoms with Crippen molar-refractivity contribution in [3.8, 4) is 17.3 Å². The summed E-state index contributed by atoms with van der Waals surface area (Å²) in [6.45, 7) is 1.90. The lowest BCUT2D eigenvalue weighted by molar-refractivity contribution is 0.410. The van der Waals surface area contributed by atoms with E-state index >= 15 is 0 Å². The number of sulfonamides is 1. The number of aromatic nitrogens is 1. The van der Waals surface area contributed by atoms with Gasteiger partial charge in [-0.1, -0.05) is 22.9 Å². The van der Waals surface area contributed by atoms with Gasteiger partial charge in [-0.2, -0.15) is 0 Å². The van der Waals surface area contributed by atoms with Gasteiger partial charge in [-0.25, -0.2) is 8.42 Å². The van der Waals surface area contributed by atoms with Gasteiger partial charge >= 0.3 is 0 Å². The first-order chi connectivity index (χ1) is 14.5. The molecule has 0 amide bonds. The van der Waals surface area contributed by atoms with Gasteiger partial charge in [-0.15, -0.1) is 0 Å². The highest BCUT2D eigenvalue weighted by Crippen LogP contribution is 2.29. The zero-order valence-electron chi connectivity index (χ0n) is 16.5. The number of nitrogens with zero attached hydrogens (tertiary/aromatic N) is 2. The summed E-state index contributed by atoms with van der Waals surface area (Å²) in [4.78, 5) is 0.193. The largest absolute Gasteiger partial charge is 0.497 e. The Labute approximate surface area is 174 Å². The van der Waals surface area contributed by atoms with Crippen LogP contribution in [0.3, 0.4) is 0 Å². The van der Waals surface area contributed by atoms with E-state index in [0.29, 0.717) is 28.7 Å². The van der Waals surface area contributed by atoms with Crippen LogP contribution >= 0.6 is 0 Å². The molecule has 0 aliphatic carbocycles. The van der Waals surface area contributed by atoms with Crippen molar-refractivity contribution in [1.29, 1.82) is 0 Å². The van der Waals surface area contributed by atoms with Gasteiger partial charge in [0.15, 0.2) is 5.76 Å². The predicted octanol–water partition coefficient (Wildman–Crippen LogP) is 4.65. The van der Waals surface area contributed by atoms with Crippen LogP contribution in [0.2, 0.25) is 0 Å². The molecule has 0 aliphatic rings. The summed E-state index contributed by atoms with van der Waals surface area (Å²) in [6.07, 6.45) is 1.53. The molecule has 0 aliphatic heterocycles. The summed E-state index contributed by atoms with van der Waals surface area (Å²) in [5, 5.41) is 4.03. The first-order valence-electron chi connectivity index (χ1n) is 9.20. The fourth-order valence-electron chi connectivity index (χ4n) is 2.97. The Hall–Kier alpha value is -3.52. The molecule has 2 heterocycles. The summed E-state index contributed by atoms with van der Waals surface area (Å²) in [7, 11) is -2.29. The molecule has 8 heteroatoms. The third-order valence-electron chi connectivity index (χ3n) is 4.60. The lowest BCUT2D eigenvalue weighted by Gasteiger charge is -2.24. The maximum atomic E-state index is 13.5. The molecule has 0 unspecified atom stereocenters. The van der Waals surface area contributed by atoms with Crippen molar-refractivity contribution >= 4 is 15.7 Å². The summed E-state index contributed by atoms with van der Waals surface area (Å²) < 4.78 is 44.0. The van der Waals surface area contributed by atoms with E-state index in [-0.39, 0.29) is 11.4 Å². The first-order valence-corrected chi connectivity index (χ1v) is 10.6. The highest BCUT2D eigenvalue weighted by atomic mass is 32.2. The molecule has 7 nitrogen and oxygen atoms in total. The quantitative estimate of drug-likeness (QED) is 0.429. The molecule has 4 aromatic rings. The summed E-state index contributed by atoms with van der Waals surface area (Å²) in [5.74, 6) is 1.58. The molecular weight excluding hydrogens is 404 g/mol. The van der Waals surface area contributed by atoms with Crippen LogP contribution in [0.15, 0.2) is 86.8 Å². The molecule has 0 saturated heterocycles. The van der Waals surface area contributed by atoms with E-state index in [1.54, 1.807) is 73.8 Å². The zero-order valence-corrected chi connectivity index (χ0v) is 17.3. The van der Waals surface area contributed by atoms with Gasteiger partial charge in [0.2, 0.25) is 5.76 Å². The van der Waals surface area contributed by atoms with Crippen molar-refractivity contribution in [2.24, 2.45) is 0 Å². The molecule has 2 aromatic heterocycles. The average molecular weight is 424 g/mol. The second-order valence-corrected chi connectivity index (χ2v) is 8.54. The topological polar surface area (TPSA) is 85.8 Å². The van der Waals surface area contributed by atoms with E-state index in [9.17, 15) is 8.42 Å². The smallest absolute Gasteiger partial charge is 0.264 e. The van der Waals surface area contributed by atoms with Crippen LogP contribution in [0.1, 0.15) is 11.3 Å². The number of anilines is 1. The summed E-state index contributed by atoms with van der Waals surface area (Å²) >= 11 is 0. The number of rotatable bonds is 7. The van der Waals surface area contributed by atoms with E-state index in [1.807, 2.05) is 6.92 Å². The minimum atomic E-state index is -3.85. The van der Waals surface area contributed by atoms with Crippen molar-refractivity contribution < 1.29 is 22.1 Å². The highest BCUT2D eigenvalue weighted by molar-refractivity contribution is 7.92. The van der Waals surface area contributed by atoms with Crippen molar-refractivity contribution in [3.05, 3.63) is 84.3 Å². The molecule has 0 bridgehead atoms. The van der Waals surface area contributed by atoms with Gasteiger partial charge in [-0.3, -0.25) is 4.31 Å². The monoisotopic (exact) mass is 424 g/mol. The van der Waals surface area contributed by atoms with Crippen LogP contribution in [-0.2, 0) is 16.6 Å². The van der Waals surface area contributed by atoms with Crippen LogP contribution in [0.25, 0.3) is 11.5 Å². The molecule has 154 valence electrons. The third kappa shape index (κ3) is 3.95. The Kier molecular flexibility index (Phi) is 5.33. The van der Waals surface area contributed by atoms with Gasteiger partial charge in [0.25, 0.3) is 10.0 Å². The minimum Gasteiger partial charge on any atom is -0.497 e. The van der Waals surface area contributed by atoms with Crippen LogP contribution < -0.4 is 9.04 Å². The van der Waals surface area contributed by atoms with E-state index < -0.39 is 10.0 Å². The molecular formula is C22H20N2O5S. The SMILES string of the molecule is COc1ccc(N(Cc2cc(-c3ccco3)on2)S(=O)(=O)c2ccc(C)cc2)cc1. The maximum absolute atomic E-state index is 13.5. The van der Waals surface area contributed by atoms with Crippen LogP contribution in [0, 0.1) is 6.92 Å². The van der Waals surface area contributed by atoms with Crippen molar-refractivity contribution in [1.82, 2.24) is 5.16 Å². The van der Waals surface area contributed by atoms with Crippen LogP contribution in [0.4, 0.5) is 5.69 Å². The molecule has 0 N–H and O–H groups in total. The second-order valence-electron chi connectivity index (χ2n) is 6.68. The molecule has 4 rings (SSSR count). The fourth-order valence-corrected chi connectivity index (χ4v) is 4.41. The molecule has 0 atom stereocenters. The highest BCUT2D eigenvalue weighted by Gasteiger charge is 2.26. The van der Waals surface area contributed by atoms with Crippen LogP contribution in [-0.4, -0.2) is 20.7 Å². The van der Waals surface area contributed by atoms with Crippen molar-refractivity contribution in [2.75, 3.05) is 11.4 Å². The number of ether oxygens (including phenoxy) is 1. The number of methoxy groups -OCH3 is 1. The number of hydrogen-bond acceptors (Lipinski definition) is 6.